The molecule has 0 bridgehead atoms. The van der Waals surface area contributed by atoms with Crippen LogP contribution in [0, 0.1) is 17.8 Å². The summed E-state index contributed by atoms with van der Waals surface area (Å²) >= 11 is 4.41. The van der Waals surface area contributed by atoms with Crippen molar-refractivity contribution in [1.82, 2.24) is 4.90 Å². The minimum absolute atomic E-state index is 0.757. The summed E-state index contributed by atoms with van der Waals surface area (Å²) in [5.41, 5.74) is 0. The Hall–Kier alpha value is 0.310. The van der Waals surface area contributed by atoms with E-state index in [0.29, 0.717) is 0 Å². The van der Waals surface area contributed by atoms with Crippen LogP contribution in [0.2, 0.25) is 0 Å². The molecule has 1 atom stereocenters. The van der Waals surface area contributed by atoms with Gasteiger partial charge in [0.1, 0.15) is 0 Å². The molecule has 0 spiro atoms. The fourth-order valence-electron chi connectivity index (χ4n) is 1.70. The molecule has 1 aliphatic carbocycles. The Morgan fingerprint density at radius 3 is 2.38 bits per heavy atom. The summed E-state index contributed by atoms with van der Waals surface area (Å²) in [7, 11) is 2.25. The molecule has 0 aromatic heterocycles. The van der Waals surface area contributed by atoms with Gasteiger partial charge in [-0.05, 0) is 43.4 Å². The van der Waals surface area contributed by atoms with Crippen molar-refractivity contribution in [3.63, 3.8) is 0 Å². The van der Waals surface area contributed by atoms with E-state index in [0.717, 1.165) is 23.5 Å². The molecule has 0 amide bonds. The Bertz CT molecular complexity index is 143. The molecule has 1 aliphatic rings. The third kappa shape index (κ3) is 4.37. The maximum atomic E-state index is 4.41. The monoisotopic (exact) mass is 201 g/mol. The van der Waals surface area contributed by atoms with E-state index in [9.17, 15) is 0 Å². The fraction of sp³-hybridized carbons (Fsp3) is 1.00. The van der Waals surface area contributed by atoms with Crippen molar-refractivity contribution in [2.24, 2.45) is 17.8 Å². The smallest absolute Gasteiger partial charge is 0.00170 e. The first-order valence-electron chi connectivity index (χ1n) is 5.43. The SMILES string of the molecule is CC(C)C(CS)CN(C)CC1CC1. The first-order chi connectivity index (χ1) is 6.13. The molecule has 0 aromatic carbocycles. The molecule has 78 valence electrons. The highest BCUT2D eigenvalue weighted by molar-refractivity contribution is 7.80. The zero-order chi connectivity index (χ0) is 9.84. The van der Waals surface area contributed by atoms with Gasteiger partial charge in [0.05, 0.1) is 0 Å². The Morgan fingerprint density at radius 2 is 2.00 bits per heavy atom. The van der Waals surface area contributed by atoms with Crippen LogP contribution in [0.4, 0.5) is 0 Å². The Kier molecular flexibility index (Phi) is 4.60. The van der Waals surface area contributed by atoms with Gasteiger partial charge >= 0.3 is 0 Å². The second-order valence-electron chi connectivity index (χ2n) is 4.85. The lowest BCUT2D eigenvalue weighted by Crippen LogP contribution is -2.31. The highest BCUT2D eigenvalue weighted by Crippen LogP contribution is 2.29. The summed E-state index contributed by atoms with van der Waals surface area (Å²) in [5.74, 6) is 3.55. The number of hydrogen-bond donors (Lipinski definition) is 1. The lowest BCUT2D eigenvalue weighted by atomic mass is 9.97. The first kappa shape index (κ1) is 11.4. The maximum Gasteiger partial charge on any atom is 0.00170 e. The third-order valence-corrected chi connectivity index (χ3v) is 3.46. The Labute approximate surface area is 88.3 Å². The van der Waals surface area contributed by atoms with Gasteiger partial charge in [0.25, 0.3) is 0 Å². The van der Waals surface area contributed by atoms with E-state index in [-0.39, 0.29) is 0 Å². The number of rotatable bonds is 6. The average Bonchev–Trinajstić information content (AvgIpc) is 2.83. The zero-order valence-electron chi connectivity index (χ0n) is 9.16. The largest absolute Gasteiger partial charge is 0.306 e. The molecular weight excluding hydrogens is 178 g/mol. The van der Waals surface area contributed by atoms with E-state index in [2.05, 4.69) is 38.4 Å². The van der Waals surface area contributed by atoms with Gasteiger partial charge in [-0.2, -0.15) is 12.6 Å². The summed E-state index contributed by atoms with van der Waals surface area (Å²) in [6.07, 6.45) is 2.91. The molecule has 1 fully saturated rings. The standard InChI is InChI=1S/C11H23NS/c1-9(2)11(8-13)7-12(3)6-10-4-5-10/h9-11,13H,4-8H2,1-3H3. The molecular formula is C11H23NS. The van der Waals surface area contributed by atoms with E-state index < -0.39 is 0 Å². The van der Waals surface area contributed by atoms with Gasteiger partial charge in [-0.25, -0.2) is 0 Å². The summed E-state index contributed by atoms with van der Waals surface area (Å²) in [6.45, 7) is 7.12. The maximum absolute atomic E-state index is 4.41. The van der Waals surface area contributed by atoms with Crippen LogP contribution in [0.3, 0.4) is 0 Å². The molecule has 0 heterocycles. The predicted molar refractivity (Wildman–Crippen MR) is 62.4 cm³/mol. The van der Waals surface area contributed by atoms with Gasteiger partial charge in [0.15, 0.2) is 0 Å². The van der Waals surface area contributed by atoms with E-state index in [4.69, 9.17) is 0 Å². The topological polar surface area (TPSA) is 3.24 Å². The summed E-state index contributed by atoms with van der Waals surface area (Å²) < 4.78 is 0. The van der Waals surface area contributed by atoms with Crippen molar-refractivity contribution in [3.05, 3.63) is 0 Å². The molecule has 0 saturated heterocycles. The van der Waals surface area contributed by atoms with Gasteiger partial charge in [-0.1, -0.05) is 13.8 Å². The zero-order valence-corrected chi connectivity index (χ0v) is 10.1. The molecule has 1 rings (SSSR count). The normalized spacial score (nSPS) is 19.8. The van der Waals surface area contributed by atoms with Crippen molar-refractivity contribution >= 4 is 12.6 Å². The van der Waals surface area contributed by atoms with Crippen LogP contribution >= 0.6 is 12.6 Å². The molecule has 0 aromatic rings. The van der Waals surface area contributed by atoms with Gasteiger partial charge in [-0.3, -0.25) is 0 Å². The fourth-order valence-corrected chi connectivity index (χ4v) is 2.23. The van der Waals surface area contributed by atoms with Crippen LogP contribution < -0.4 is 0 Å². The Balaban J connectivity index is 2.18. The highest BCUT2D eigenvalue weighted by Gasteiger charge is 2.24. The van der Waals surface area contributed by atoms with Crippen LogP contribution in [0.25, 0.3) is 0 Å². The van der Waals surface area contributed by atoms with Gasteiger partial charge in [0.2, 0.25) is 0 Å². The molecule has 1 saturated carbocycles. The summed E-state index contributed by atoms with van der Waals surface area (Å²) in [6, 6.07) is 0. The van der Waals surface area contributed by atoms with Crippen LogP contribution in [0.5, 0.6) is 0 Å². The second-order valence-corrected chi connectivity index (χ2v) is 5.22. The molecule has 0 N–H and O–H groups in total. The van der Waals surface area contributed by atoms with Crippen LogP contribution in [0.15, 0.2) is 0 Å². The quantitative estimate of drug-likeness (QED) is 0.646. The molecule has 1 unspecified atom stereocenters. The highest BCUT2D eigenvalue weighted by atomic mass is 32.1. The second kappa shape index (κ2) is 5.26. The molecule has 0 aliphatic heterocycles. The predicted octanol–water partition coefficient (Wildman–Crippen LogP) is 2.53. The van der Waals surface area contributed by atoms with E-state index in [1.165, 1.54) is 25.9 Å². The van der Waals surface area contributed by atoms with Gasteiger partial charge < -0.3 is 4.90 Å². The van der Waals surface area contributed by atoms with Crippen molar-refractivity contribution in [1.29, 1.82) is 0 Å². The molecule has 13 heavy (non-hydrogen) atoms. The Morgan fingerprint density at radius 1 is 1.38 bits per heavy atom. The van der Waals surface area contributed by atoms with E-state index >= 15 is 0 Å². The molecule has 0 radical (unpaired) electrons. The van der Waals surface area contributed by atoms with E-state index in [1.807, 2.05) is 0 Å². The van der Waals surface area contributed by atoms with E-state index in [1.54, 1.807) is 0 Å². The van der Waals surface area contributed by atoms with Crippen molar-refractivity contribution in [2.75, 3.05) is 25.9 Å². The number of hydrogen-bond acceptors (Lipinski definition) is 2. The van der Waals surface area contributed by atoms with Crippen LogP contribution in [-0.2, 0) is 0 Å². The lowest BCUT2D eigenvalue weighted by Gasteiger charge is -2.25. The van der Waals surface area contributed by atoms with Crippen molar-refractivity contribution in [2.45, 2.75) is 26.7 Å². The average molecular weight is 201 g/mol. The third-order valence-electron chi connectivity index (χ3n) is 2.99. The van der Waals surface area contributed by atoms with Gasteiger partial charge in [0, 0.05) is 13.1 Å². The minimum Gasteiger partial charge on any atom is -0.306 e. The first-order valence-corrected chi connectivity index (χ1v) is 6.06. The number of thiol groups is 1. The van der Waals surface area contributed by atoms with Crippen LogP contribution in [-0.4, -0.2) is 30.8 Å². The summed E-state index contributed by atoms with van der Waals surface area (Å²) in [4.78, 5) is 2.48. The minimum atomic E-state index is 0.757. The molecule has 2 heteroatoms. The summed E-state index contributed by atoms with van der Waals surface area (Å²) in [5, 5.41) is 0. The van der Waals surface area contributed by atoms with Crippen molar-refractivity contribution < 1.29 is 0 Å². The van der Waals surface area contributed by atoms with Crippen molar-refractivity contribution in [3.8, 4) is 0 Å². The molecule has 1 nitrogen and oxygen atoms in total. The van der Waals surface area contributed by atoms with Gasteiger partial charge in [-0.15, -0.1) is 0 Å². The number of nitrogens with zero attached hydrogens (tertiary/aromatic N) is 1. The lowest BCUT2D eigenvalue weighted by molar-refractivity contribution is 0.245. The van der Waals surface area contributed by atoms with Crippen LogP contribution in [0.1, 0.15) is 26.7 Å².